The van der Waals surface area contributed by atoms with E-state index in [1.54, 1.807) is 0 Å². The first-order valence-electron chi connectivity index (χ1n) is 8.26. The van der Waals surface area contributed by atoms with Gasteiger partial charge >= 0.3 is 0 Å². The normalized spacial score (nSPS) is 11.0. The third kappa shape index (κ3) is 5.58. The van der Waals surface area contributed by atoms with Crippen LogP contribution in [-0.4, -0.2) is 47.9 Å². The van der Waals surface area contributed by atoms with E-state index in [9.17, 15) is 9.59 Å². The van der Waals surface area contributed by atoms with Crippen molar-refractivity contribution in [3.63, 3.8) is 0 Å². The minimum Gasteiger partial charge on any atom is -0.355 e. The van der Waals surface area contributed by atoms with E-state index in [0.29, 0.717) is 11.7 Å². The average Bonchev–Trinajstić information content (AvgIpc) is 2.99. The van der Waals surface area contributed by atoms with Gasteiger partial charge in [-0.05, 0) is 25.2 Å². The van der Waals surface area contributed by atoms with Crippen molar-refractivity contribution in [1.82, 2.24) is 15.2 Å². The Morgan fingerprint density at radius 3 is 2.54 bits per heavy atom. The summed E-state index contributed by atoms with van der Waals surface area (Å²) in [5, 5.41) is 6.18. The van der Waals surface area contributed by atoms with Crippen molar-refractivity contribution in [2.24, 2.45) is 0 Å². The van der Waals surface area contributed by atoms with E-state index in [4.69, 9.17) is 0 Å². The standard InChI is InChI=1S/C17H24N4O2S/c1-3-21(4-2)12-11-18-15(22)9-10-16(23)20-17-19-13-7-5-6-8-14(13)24-17/h5-8H,3-4,9-12H2,1-2H3,(H,18,22)(H,19,20,23). The third-order valence-electron chi connectivity index (χ3n) is 3.76. The van der Waals surface area contributed by atoms with E-state index in [1.165, 1.54) is 11.3 Å². The molecular formula is C17H24N4O2S. The number of benzene rings is 1. The number of carbonyl (C=O) groups is 2. The molecule has 1 aromatic heterocycles. The quantitative estimate of drug-likeness (QED) is 0.730. The lowest BCUT2D eigenvalue weighted by Crippen LogP contribution is -2.35. The monoisotopic (exact) mass is 348 g/mol. The van der Waals surface area contributed by atoms with E-state index < -0.39 is 0 Å². The van der Waals surface area contributed by atoms with Crippen molar-refractivity contribution in [3.8, 4) is 0 Å². The molecule has 0 bridgehead atoms. The van der Waals surface area contributed by atoms with Gasteiger partial charge in [0.1, 0.15) is 0 Å². The summed E-state index contributed by atoms with van der Waals surface area (Å²) >= 11 is 1.43. The number of para-hydroxylation sites is 1. The van der Waals surface area contributed by atoms with Gasteiger partial charge in [0.15, 0.2) is 5.13 Å². The number of rotatable bonds is 9. The summed E-state index contributed by atoms with van der Waals surface area (Å²) in [5.41, 5.74) is 0.868. The van der Waals surface area contributed by atoms with E-state index in [-0.39, 0.29) is 24.7 Å². The van der Waals surface area contributed by atoms with Crippen LogP contribution in [0.25, 0.3) is 10.2 Å². The zero-order valence-electron chi connectivity index (χ0n) is 14.2. The van der Waals surface area contributed by atoms with Crippen LogP contribution in [-0.2, 0) is 9.59 Å². The van der Waals surface area contributed by atoms with Crippen LogP contribution in [0.2, 0.25) is 0 Å². The van der Waals surface area contributed by atoms with Gasteiger partial charge in [0.05, 0.1) is 10.2 Å². The Bertz CT molecular complexity index is 649. The summed E-state index contributed by atoms with van der Waals surface area (Å²) < 4.78 is 1.03. The van der Waals surface area contributed by atoms with Crippen LogP contribution in [0.1, 0.15) is 26.7 Å². The van der Waals surface area contributed by atoms with Gasteiger partial charge in [-0.15, -0.1) is 0 Å². The Kier molecular flexibility index (Phi) is 7.14. The Labute approximate surface area is 146 Å². The first kappa shape index (κ1) is 18.4. The van der Waals surface area contributed by atoms with Crippen LogP contribution < -0.4 is 10.6 Å². The molecule has 2 aromatic rings. The largest absolute Gasteiger partial charge is 0.355 e. The molecule has 0 aliphatic carbocycles. The molecule has 1 heterocycles. The van der Waals surface area contributed by atoms with Crippen LogP contribution in [0.3, 0.4) is 0 Å². The van der Waals surface area contributed by atoms with Crippen LogP contribution >= 0.6 is 11.3 Å². The molecular weight excluding hydrogens is 324 g/mol. The molecule has 2 amide bonds. The molecule has 0 spiro atoms. The Morgan fingerprint density at radius 2 is 1.83 bits per heavy atom. The molecule has 0 atom stereocenters. The van der Waals surface area contributed by atoms with Crippen molar-refractivity contribution in [1.29, 1.82) is 0 Å². The van der Waals surface area contributed by atoms with E-state index >= 15 is 0 Å². The number of thiazole rings is 1. The van der Waals surface area contributed by atoms with Crippen LogP contribution in [0, 0.1) is 0 Å². The fourth-order valence-electron chi connectivity index (χ4n) is 2.32. The van der Waals surface area contributed by atoms with Gasteiger partial charge in [0.25, 0.3) is 0 Å². The number of hydrogen-bond donors (Lipinski definition) is 2. The summed E-state index contributed by atoms with van der Waals surface area (Å²) in [6.07, 6.45) is 0.349. The van der Waals surface area contributed by atoms with Gasteiger partial charge in [-0.25, -0.2) is 4.98 Å². The lowest BCUT2D eigenvalue weighted by atomic mass is 10.3. The smallest absolute Gasteiger partial charge is 0.226 e. The lowest BCUT2D eigenvalue weighted by Gasteiger charge is -2.17. The molecule has 0 saturated heterocycles. The molecule has 24 heavy (non-hydrogen) atoms. The second-order valence-electron chi connectivity index (χ2n) is 5.41. The van der Waals surface area contributed by atoms with E-state index in [1.807, 2.05) is 24.3 Å². The topological polar surface area (TPSA) is 74.3 Å². The van der Waals surface area contributed by atoms with Gasteiger partial charge in [-0.3, -0.25) is 9.59 Å². The first-order valence-corrected chi connectivity index (χ1v) is 9.08. The summed E-state index contributed by atoms with van der Waals surface area (Å²) in [5.74, 6) is -0.283. The fraction of sp³-hybridized carbons (Fsp3) is 0.471. The molecule has 0 saturated carbocycles. The van der Waals surface area contributed by atoms with E-state index in [0.717, 1.165) is 29.9 Å². The number of nitrogens with zero attached hydrogens (tertiary/aromatic N) is 2. The molecule has 6 nitrogen and oxygen atoms in total. The highest BCUT2D eigenvalue weighted by molar-refractivity contribution is 7.22. The molecule has 0 aliphatic rings. The van der Waals surface area contributed by atoms with Crippen molar-refractivity contribution in [2.75, 3.05) is 31.5 Å². The molecule has 130 valence electrons. The van der Waals surface area contributed by atoms with Crippen molar-refractivity contribution in [3.05, 3.63) is 24.3 Å². The Morgan fingerprint density at radius 1 is 1.12 bits per heavy atom. The maximum atomic E-state index is 11.9. The maximum absolute atomic E-state index is 11.9. The molecule has 0 aliphatic heterocycles. The van der Waals surface area contributed by atoms with Crippen LogP contribution in [0.4, 0.5) is 5.13 Å². The highest BCUT2D eigenvalue weighted by Gasteiger charge is 2.10. The highest BCUT2D eigenvalue weighted by atomic mass is 32.1. The minimum atomic E-state index is -0.187. The van der Waals surface area contributed by atoms with Gasteiger partial charge in [0, 0.05) is 25.9 Å². The van der Waals surface area contributed by atoms with Crippen molar-refractivity contribution < 1.29 is 9.59 Å². The van der Waals surface area contributed by atoms with E-state index in [2.05, 4.69) is 34.4 Å². The summed E-state index contributed by atoms with van der Waals surface area (Å²) in [4.78, 5) is 30.3. The van der Waals surface area contributed by atoms with Gasteiger partial charge < -0.3 is 15.5 Å². The van der Waals surface area contributed by atoms with Gasteiger partial charge in [-0.2, -0.15) is 0 Å². The number of anilines is 1. The number of aromatic nitrogens is 1. The zero-order valence-corrected chi connectivity index (χ0v) is 15.0. The van der Waals surface area contributed by atoms with Crippen molar-refractivity contribution in [2.45, 2.75) is 26.7 Å². The number of amides is 2. The SMILES string of the molecule is CCN(CC)CCNC(=O)CCC(=O)Nc1nc2ccccc2s1. The fourth-order valence-corrected chi connectivity index (χ4v) is 3.20. The molecule has 0 radical (unpaired) electrons. The highest BCUT2D eigenvalue weighted by Crippen LogP contribution is 2.25. The number of fused-ring (bicyclic) bond motifs is 1. The predicted octanol–water partition coefficient (Wildman–Crippen LogP) is 2.47. The van der Waals surface area contributed by atoms with Crippen molar-refractivity contribution >= 4 is 38.5 Å². The first-order chi connectivity index (χ1) is 11.6. The molecule has 2 rings (SSSR count). The molecule has 1 aromatic carbocycles. The Hall–Kier alpha value is -1.99. The molecule has 7 heteroatoms. The van der Waals surface area contributed by atoms with Crippen LogP contribution in [0.15, 0.2) is 24.3 Å². The number of carbonyl (C=O) groups excluding carboxylic acids is 2. The summed E-state index contributed by atoms with van der Waals surface area (Å²) in [7, 11) is 0. The number of nitrogens with one attached hydrogen (secondary N) is 2. The lowest BCUT2D eigenvalue weighted by molar-refractivity contribution is -0.124. The van der Waals surface area contributed by atoms with Crippen LogP contribution in [0.5, 0.6) is 0 Å². The number of likely N-dealkylation sites (N-methyl/N-ethyl adjacent to an activating group) is 1. The Balaban J connectivity index is 1.69. The molecule has 0 fully saturated rings. The van der Waals surface area contributed by atoms with Gasteiger partial charge in [0.2, 0.25) is 11.8 Å². The average molecular weight is 348 g/mol. The predicted molar refractivity (Wildman–Crippen MR) is 98.3 cm³/mol. The second kappa shape index (κ2) is 9.34. The molecule has 2 N–H and O–H groups in total. The maximum Gasteiger partial charge on any atom is 0.226 e. The summed E-state index contributed by atoms with van der Waals surface area (Å²) in [6, 6.07) is 7.72. The zero-order chi connectivity index (χ0) is 17.4. The molecule has 0 unspecified atom stereocenters. The number of hydrogen-bond acceptors (Lipinski definition) is 5. The second-order valence-corrected chi connectivity index (χ2v) is 6.44. The minimum absolute atomic E-state index is 0.0957. The van der Waals surface area contributed by atoms with Gasteiger partial charge in [-0.1, -0.05) is 37.3 Å². The third-order valence-corrected chi connectivity index (χ3v) is 4.72. The summed E-state index contributed by atoms with van der Waals surface area (Å²) in [6.45, 7) is 7.57.